The minimum absolute atomic E-state index is 0.0678. The molecule has 17 heavy (non-hydrogen) atoms. The van der Waals surface area contributed by atoms with E-state index >= 15 is 0 Å². The highest BCUT2D eigenvalue weighted by Crippen LogP contribution is 2.18. The molecule has 0 N–H and O–H groups in total. The van der Waals surface area contributed by atoms with Gasteiger partial charge in [-0.3, -0.25) is 4.79 Å². The lowest BCUT2D eigenvalue weighted by Crippen LogP contribution is -2.44. The molecule has 1 fully saturated rings. The summed E-state index contributed by atoms with van der Waals surface area (Å²) in [5.41, 5.74) is 0. The van der Waals surface area contributed by atoms with E-state index in [9.17, 15) is 9.59 Å². The van der Waals surface area contributed by atoms with Crippen LogP contribution in [0.2, 0.25) is 0 Å². The van der Waals surface area contributed by atoms with Gasteiger partial charge in [-0.2, -0.15) is 0 Å². The van der Waals surface area contributed by atoms with Gasteiger partial charge in [-0.15, -0.1) is 0 Å². The summed E-state index contributed by atoms with van der Waals surface area (Å²) in [6.45, 7) is 5.95. The van der Waals surface area contributed by atoms with E-state index in [1.807, 2.05) is 6.92 Å². The minimum Gasteiger partial charge on any atom is -0.450 e. The molecule has 2 amide bonds. The van der Waals surface area contributed by atoms with Crippen molar-refractivity contribution in [2.24, 2.45) is 5.92 Å². The minimum atomic E-state index is -0.234. The highest BCUT2D eigenvalue weighted by molar-refractivity contribution is 5.72. The van der Waals surface area contributed by atoms with Crippen molar-refractivity contribution in [1.29, 1.82) is 0 Å². The summed E-state index contributed by atoms with van der Waals surface area (Å²) in [5, 5.41) is 0. The Balaban J connectivity index is 2.43. The zero-order valence-corrected chi connectivity index (χ0v) is 10.9. The molecule has 98 valence electrons. The summed E-state index contributed by atoms with van der Waals surface area (Å²) >= 11 is 0. The van der Waals surface area contributed by atoms with Gasteiger partial charge in [0.05, 0.1) is 6.61 Å². The summed E-state index contributed by atoms with van der Waals surface area (Å²) in [6, 6.07) is 0. The van der Waals surface area contributed by atoms with E-state index in [2.05, 4.69) is 0 Å². The maximum Gasteiger partial charge on any atom is 0.409 e. The van der Waals surface area contributed by atoms with Gasteiger partial charge in [0, 0.05) is 33.6 Å². The second-order valence-corrected chi connectivity index (χ2v) is 4.55. The summed E-state index contributed by atoms with van der Waals surface area (Å²) in [4.78, 5) is 26.2. The number of piperidine rings is 1. The van der Waals surface area contributed by atoms with Crippen LogP contribution < -0.4 is 0 Å². The van der Waals surface area contributed by atoms with Gasteiger partial charge in [0.25, 0.3) is 0 Å². The van der Waals surface area contributed by atoms with E-state index in [4.69, 9.17) is 4.74 Å². The first-order chi connectivity index (χ1) is 8.04. The first-order valence-electron chi connectivity index (χ1n) is 6.18. The van der Waals surface area contributed by atoms with Gasteiger partial charge in [0.2, 0.25) is 5.91 Å². The van der Waals surface area contributed by atoms with Crippen molar-refractivity contribution in [3.8, 4) is 0 Å². The second kappa shape index (κ2) is 6.47. The Labute approximate surface area is 103 Å². The number of nitrogens with zero attached hydrogens (tertiary/aromatic N) is 2. The fourth-order valence-electron chi connectivity index (χ4n) is 2.11. The molecule has 0 aromatic heterocycles. The average molecular weight is 242 g/mol. The molecule has 1 unspecified atom stereocenters. The topological polar surface area (TPSA) is 49.9 Å². The fourth-order valence-corrected chi connectivity index (χ4v) is 2.11. The lowest BCUT2D eigenvalue weighted by Gasteiger charge is -2.33. The zero-order valence-electron chi connectivity index (χ0n) is 10.9. The molecule has 1 heterocycles. The quantitative estimate of drug-likeness (QED) is 0.750. The maximum atomic E-state index is 11.6. The van der Waals surface area contributed by atoms with E-state index in [0.717, 1.165) is 19.4 Å². The molecule has 0 saturated carbocycles. The second-order valence-electron chi connectivity index (χ2n) is 4.55. The molecule has 0 aliphatic carbocycles. The molecule has 0 aromatic rings. The van der Waals surface area contributed by atoms with Crippen LogP contribution in [0.3, 0.4) is 0 Å². The van der Waals surface area contributed by atoms with Crippen molar-refractivity contribution < 1.29 is 14.3 Å². The van der Waals surface area contributed by atoms with Crippen LogP contribution in [0.25, 0.3) is 0 Å². The molecule has 5 nitrogen and oxygen atoms in total. The number of carbonyl (C=O) groups excluding carboxylic acids is 2. The van der Waals surface area contributed by atoms with Gasteiger partial charge in [0.15, 0.2) is 0 Å². The number of ether oxygens (including phenoxy) is 1. The van der Waals surface area contributed by atoms with E-state index in [-0.39, 0.29) is 12.0 Å². The number of hydrogen-bond donors (Lipinski definition) is 0. The Bertz CT molecular complexity index is 281. The summed E-state index contributed by atoms with van der Waals surface area (Å²) in [5.74, 6) is 0.431. The van der Waals surface area contributed by atoms with Crippen LogP contribution in [0.5, 0.6) is 0 Å². The molecular formula is C12H22N2O3. The molecule has 5 heteroatoms. The monoisotopic (exact) mass is 242 g/mol. The van der Waals surface area contributed by atoms with Crippen LogP contribution >= 0.6 is 0 Å². The first-order valence-corrected chi connectivity index (χ1v) is 6.18. The third-order valence-electron chi connectivity index (χ3n) is 3.11. The lowest BCUT2D eigenvalue weighted by atomic mass is 9.98. The van der Waals surface area contributed by atoms with Crippen LogP contribution in [0.1, 0.15) is 26.7 Å². The third-order valence-corrected chi connectivity index (χ3v) is 3.11. The van der Waals surface area contributed by atoms with Crippen LogP contribution in [-0.2, 0) is 9.53 Å². The van der Waals surface area contributed by atoms with Crippen molar-refractivity contribution in [3.05, 3.63) is 0 Å². The molecule has 0 aromatic carbocycles. The Morgan fingerprint density at radius 1 is 1.47 bits per heavy atom. The van der Waals surface area contributed by atoms with E-state index in [1.54, 1.807) is 23.8 Å². The summed E-state index contributed by atoms with van der Waals surface area (Å²) in [6.07, 6.45) is 1.81. The van der Waals surface area contributed by atoms with Crippen LogP contribution in [0, 0.1) is 5.92 Å². The van der Waals surface area contributed by atoms with Gasteiger partial charge in [0.1, 0.15) is 0 Å². The number of hydrogen-bond acceptors (Lipinski definition) is 3. The number of rotatable bonds is 3. The number of carbonyl (C=O) groups is 2. The number of amides is 2. The fraction of sp³-hybridized carbons (Fsp3) is 0.833. The van der Waals surface area contributed by atoms with Crippen molar-refractivity contribution in [3.63, 3.8) is 0 Å². The molecule has 1 rings (SSSR count). The standard InChI is InChI=1S/C12H22N2O3/c1-4-17-12(16)14-7-5-6-11(9-14)8-13(3)10(2)15/h11H,4-9H2,1-3H3. The SMILES string of the molecule is CCOC(=O)N1CCCC(CN(C)C(C)=O)C1. The van der Waals surface area contributed by atoms with Crippen LogP contribution in [-0.4, -0.2) is 55.1 Å². The van der Waals surface area contributed by atoms with Crippen molar-refractivity contribution in [1.82, 2.24) is 9.80 Å². The van der Waals surface area contributed by atoms with Gasteiger partial charge >= 0.3 is 6.09 Å². The average Bonchev–Trinajstić information content (AvgIpc) is 2.29. The highest BCUT2D eigenvalue weighted by Gasteiger charge is 2.25. The van der Waals surface area contributed by atoms with Gasteiger partial charge in [-0.1, -0.05) is 0 Å². The third kappa shape index (κ3) is 4.24. The molecule has 1 atom stereocenters. The Kier molecular flexibility index (Phi) is 5.25. The summed E-state index contributed by atoms with van der Waals surface area (Å²) < 4.78 is 4.99. The zero-order chi connectivity index (χ0) is 12.8. The molecular weight excluding hydrogens is 220 g/mol. The normalized spacial score (nSPS) is 19.9. The van der Waals surface area contributed by atoms with E-state index in [0.29, 0.717) is 25.6 Å². The van der Waals surface area contributed by atoms with Crippen molar-refractivity contribution in [2.45, 2.75) is 26.7 Å². The maximum absolute atomic E-state index is 11.6. The molecule has 0 spiro atoms. The molecule has 1 saturated heterocycles. The molecule has 0 bridgehead atoms. The Morgan fingerprint density at radius 3 is 2.76 bits per heavy atom. The molecule has 1 aliphatic rings. The largest absolute Gasteiger partial charge is 0.450 e. The molecule has 0 radical (unpaired) electrons. The van der Waals surface area contributed by atoms with Crippen molar-refractivity contribution >= 4 is 12.0 Å². The van der Waals surface area contributed by atoms with Crippen LogP contribution in [0.4, 0.5) is 4.79 Å². The lowest BCUT2D eigenvalue weighted by molar-refractivity contribution is -0.128. The van der Waals surface area contributed by atoms with E-state index in [1.165, 1.54) is 0 Å². The molecule has 1 aliphatic heterocycles. The van der Waals surface area contributed by atoms with Gasteiger partial charge in [-0.05, 0) is 25.7 Å². The predicted octanol–water partition coefficient (Wildman–Crippen LogP) is 1.33. The Morgan fingerprint density at radius 2 is 2.18 bits per heavy atom. The van der Waals surface area contributed by atoms with Gasteiger partial charge in [-0.25, -0.2) is 4.79 Å². The van der Waals surface area contributed by atoms with E-state index < -0.39 is 0 Å². The predicted molar refractivity (Wildman–Crippen MR) is 64.6 cm³/mol. The smallest absolute Gasteiger partial charge is 0.409 e. The highest BCUT2D eigenvalue weighted by atomic mass is 16.6. The Hall–Kier alpha value is -1.26. The van der Waals surface area contributed by atoms with Gasteiger partial charge < -0.3 is 14.5 Å². The summed E-state index contributed by atoms with van der Waals surface area (Å²) in [7, 11) is 1.80. The van der Waals surface area contributed by atoms with Crippen LogP contribution in [0.15, 0.2) is 0 Å². The number of likely N-dealkylation sites (tertiary alicyclic amines) is 1. The van der Waals surface area contributed by atoms with Crippen molar-refractivity contribution in [2.75, 3.05) is 33.3 Å². The first kappa shape index (κ1) is 13.8.